The first-order valence-electron chi connectivity index (χ1n) is 6.43. The minimum Gasteiger partial charge on any atom is -0.325 e. The van der Waals surface area contributed by atoms with Crippen LogP contribution in [0.25, 0.3) is 0 Å². The number of hydrogen-bond donors (Lipinski definition) is 1. The van der Waals surface area contributed by atoms with Crippen LogP contribution in [0.15, 0.2) is 24.3 Å². The third-order valence-corrected chi connectivity index (χ3v) is 2.57. The minimum absolute atomic E-state index is 0.0523. The number of benzene rings is 1. The summed E-state index contributed by atoms with van der Waals surface area (Å²) in [5, 5.41) is 2.77. The summed E-state index contributed by atoms with van der Waals surface area (Å²) in [5.41, 5.74) is 0.634. The summed E-state index contributed by atoms with van der Waals surface area (Å²) in [5.74, 6) is -0.352. The maximum Gasteiger partial charge on any atom is 0.238 e. The van der Waals surface area contributed by atoms with Crippen molar-refractivity contribution in [1.82, 2.24) is 4.90 Å². The first kappa shape index (κ1) is 14.6. The summed E-state index contributed by atoms with van der Waals surface area (Å²) in [7, 11) is 0. The van der Waals surface area contributed by atoms with Crippen LogP contribution in [0, 0.1) is 5.82 Å². The molecule has 0 aliphatic carbocycles. The molecule has 0 saturated carbocycles. The van der Waals surface area contributed by atoms with Crippen LogP contribution < -0.4 is 5.32 Å². The Hall–Kier alpha value is -1.42. The van der Waals surface area contributed by atoms with E-state index >= 15 is 0 Å². The molecule has 0 aliphatic heterocycles. The second kappa shape index (κ2) is 7.82. The summed E-state index contributed by atoms with van der Waals surface area (Å²) in [4.78, 5) is 13.9. The lowest BCUT2D eigenvalue weighted by Crippen LogP contribution is -2.34. The van der Waals surface area contributed by atoms with E-state index in [0.717, 1.165) is 25.9 Å². The topological polar surface area (TPSA) is 32.3 Å². The molecule has 0 unspecified atom stereocenters. The minimum atomic E-state index is -0.299. The van der Waals surface area contributed by atoms with Gasteiger partial charge in [-0.2, -0.15) is 0 Å². The third-order valence-electron chi connectivity index (χ3n) is 2.57. The molecule has 3 nitrogen and oxygen atoms in total. The molecule has 0 aromatic heterocycles. The number of nitrogens with one attached hydrogen (secondary N) is 1. The van der Waals surface area contributed by atoms with Crippen molar-refractivity contribution in [3.63, 3.8) is 0 Å². The Morgan fingerprint density at radius 3 is 2.22 bits per heavy atom. The van der Waals surface area contributed by atoms with Crippen LogP contribution in [-0.2, 0) is 4.79 Å². The molecular weight excluding hydrogens is 231 g/mol. The van der Waals surface area contributed by atoms with Crippen molar-refractivity contribution in [2.45, 2.75) is 26.7 Å². The summed E-state index contributed by atoms with van der Waals surface area (Å²) < 4.78 is 12.7. The van der Waals surface area contributed by atoms with Crippen LogP contribution in [0.3, 0.4) is 0 Å². The van der Waals surface area contributed by atoms with Gasteiger partial charge in [0, 0.05) is 5.69 Å². The molecule has 1 rings (SSSR count). The predicted molar refractivity (Wildman–Crippen MR) is 72.1 cm³/mol. The van der Waals surface area contributed by atoms with Crippen LogP contribution in [-0.4, -0.2) is 30.4 Å². The van der Waals surface area contributed by atoms with Crippen molar-refractivity contribution >= 4 is 11.6 Å². The molecule has 0 spiro atoms. The average molecular weight is 252 g/mol. The highest BCUT2D eigenvalue weighted by molar-refractivity contribution is 5.92. The average Bonchev–Trinajstić information content (AvgIpc) is 2.33. The molecular formula is C14H21FN2O. The van der Waals surface area contributed by atoms with E-state index in [1.54, 1.807) is 12.1 Å². The number of rotatable bonds is 7. The third kappa shape index (κ3) is 5.27. The fourth-order valence-corrected chi connectivity index (χ4v) is 1.84. The van der Waals surface area contributed by atoms with Gasteiger partial charge in [-0.05, 0) is 50.2 Å². The molecule has 0 aliphatic rings. The van der Waals surface area contributed by atoms with Crippen LogP contribution in [0.5, 0.6) is 0 Å². The van der Waals surface area contributed by atoms with Gasteiger partial charge in [-0.25, -0.2) is 4.39 Å². The van der Waals surface area contributed by atoms with Crippen LogP contribution >= 0.6 is 0 Å². The summed E-state index contributed by atoms with van der Waals surface area (Å²) in [6, 6.07) is 5.81. The number of amides is 1. The van der Waals surface area contributed by atoms with Gasteiger partial charge in [0.2, 0.25) is 5.91 Å². The van der Waals surface area contributed by atoms with E-state index in [2.05, 4.69) is 24.1 Å². The van der Waals surface area contributed by atoms with E-state index in [1.165, 1.54) is 12.1 Å². The molecule has 1 amide bonds. The predicted octanol–water partition coefficient (Wildman–Crippen LogP) is 2.89. The normalized spacial score (nSPS) is 10.7. The molecule has 0 bridgehead atoms. The van der Waals surface area contributed by atoms with Crippen molar-refractivity contribution in [3.8, 4) is 0 Å². The van der Waals surface area contributed by atoms with E-state index in [9.17, 15) is 9.18 Å². The number of carbonyl (C=O) groups is 1. The van der Waals surface area contributed by atoms with E-state index in [0.29, 0.717) is 12.2 Å². The Bertz CT molecular complexity index is 359. The standard InChI is InChI=1S/C14H21FN2O/c1-3-9-17(10-4-2)11-14(18)16-13-7-5-12(15)6-8-13/h5-8H,3-4,9-11H2,1-2H3,(H,16,18). The van der Waals surface area contributed by atoms with E-state index in [1.807, 2.05) is 0 Å². The summed E-state index contributed by atoms with van der Waals surface area (Å²) >= 11 is 0. The molecule has 0 fully saturated rings. The van der Waals surface area contributed by atoms with Gasteiger partial charge in [0.15, 0.2) is 0 Å². The van der Waals surface area contributed by atoms with Gasteiger partial charge >= 0.3 is 0 Å². The molecule has 1 aromatic rings. The largest absolute Gasteiger partial charge is 0.325 e. The van der Waals surface area contributed by atoms with Crippen LogP contribution in [0.2, 0.25) is 0 Å². The molecule has 0 saturated heterocycles. The molecule has 4 heteroatoms. The summed E-state index contributed by atoms with van der Waals surface area (Å²) in [6.45, 7) is 6.43. The Morgan fingerprint density at radius 2 is 1.72 bits per heavy atom. The lowest BCUT2D eigenvalue weighted by atomic mass is 10.3. The van der Waals surface area contributed by atoms with Gasteiger partial charge in [-0.15, -0.1) is 0 Å². The van der Waals surface area contributed by atoms with Crippen molar-refractivity contribution in [1.29, 1.82) is 0 Å². The monoisotopic (exact) mass is 252 g/mol. The van der Waals surface area contributed by atoms with Gasteiger partial charge in [0.1, 0.15) is 5.82 Å². The number of nitrogens with zero attached hydrogens (tertiary/aromatic N) is 1. The van der Waals surface area contributed by atoms with Crippen LogP contribution in [0.1, 0.15) is 26.7 Å². The lowest BCUT2D eigenvalue weighted by Gasteiger charge is -2.20. The highest BCUT2D eigenvalue weighted by atomic mass is 19.1. The Balaban J connectivity index is 2.46. The lowest BCUT2D eigenvalue weighted by molar-refractivity contribution is -0.117. The Labute approximate surface area is 108 Å². The molecule has 0 radical (unpaired) electrons. The number of hydrogen-bond acceptors (Lipinski definition) is 2. The first-order valence-corrected chi connectivity index (χ1v) is 6.43. The zero-order chi connectivity index (χ0) is 13.4. The van der Waals surface area contributed by atoms with Gasteiger partial charge in [-0.1, -0.05) is 13.8 Å². The SMILES string of the molecule is CCCN(CCC)CC(=O)Nc1ccc(F)cc1. The maximum atomic E-state index is 12.7. The van der Waals surface area contributed by atoms with E-state index < -0.39 is 0 Å². The second-order valence-corrected chi connectivity index (χ2v) is 4.33. The molecule has 18 heavy (non-hydrogen) atoms. The van der Waals surface area contributed by atoms with Gasteiger partial charge in [0.25, 0.3) is 0 Å². The van der Waals surface area contributed by atoms with Crippen molar-refractivity contribution in [2.75, 3.05) is 25.0 Å². The van der Waals surface area contributed by atoms with Gasteiger partial charge in [0.05, 0.1) is 6.54 Å². The molecule has 0 atom stereocenters. The Kier molecular flexibility index (Phi) is 6.36. The van der Waals surface area contributed by atoms with E-state index in [4.69, 9.17) is 0 Å². The number of halogens is 1. The van der Waals surface area contributed by atoms with E-state index in [-0.39, 0.29) is 11.7 Å². The molecule has 100 valence electrons. The fourth-order valence-electron chi connectivity index (χ4n) is 1.84. The second-order valence-electron chi connectivity index (χ2n) is 4.33. The summed E-state index contributed by atoms with van der Waals surface area (Å²) in [6.07, 6.45) is 2.06. The van der Waals surface area contributed by atoms with Gasteiger partial charge in [-0.3, -0.25) is 9.69 Å². The number of anilines is 1. The maximum absolute atomic E-state index is 12.7. The molecule has 1 N–H and O–H groups in total. The highest BCUT2D eigenvalue weighted by Crippen LogP contribution is 2.08. The Morgan fingerprint density at radius 1 is 1.17 bits per heavy atom. The fraction of sp³-hybridized carbons (Fsp3) is 0.500. The first-order chi connectivity index (χ1) is 8.65. The number of carbonyl (C=O) groups excluding carboxylic acids is 1. The zero-order valence-electron chi connectivity index (χ0n) is 11.1. The van der Waals surface area contributed by atoms with Crippen molar-refractivity contribution < 1.29 is 9.18 Å². The molecule has 0 heterocycles. The smallest absolute Gasteiger partial charge is 0.238 e. The van der Waals surface area contributed by atoms with Crippen molar-refractivity contribution in [2.24, 2.45) is 0 Å². The zero-order valence-corrected chi connectivity index (χ0v) is 11.1. The highest BCUT2D eigenvalue weighted by Gasteiger charge is 2.09. The quantitative estimate of drug-likeness (QED) is 0.809. The van der Waals surface area contributed by atoms with Crippen LogP contribution in [0.4, 0.5) is 10.1 Å². The van der Waals surface area contributed by atoms with Gasteiger partial charge < -0.3 is 5.32 Å². The van der Waals surface area contributed by atoms with Crippen molar-refractivity contribution in [3.05, 3.63) is 30.1 Å². The molecule has 1 aromatic carbocycles.